The molecule has 0 fully saturated rings. The molecule has 1 atom stereocenters. The molecule has 0 aliphatic heterocycles. The maximum Gasteiger partial charge on any atom is 0.0254 e. The molecule has 0 amide bonds. The summed E-state index contributed by atoms with van der Waals surface area (Å²) in [6, 6.07) is 17.4. The van der Waals surface area contributed by atoms with Gasteiger partial charge in [-0.15, -0.1) is 0 Å². The fraction of sp³-hybridized carbons (Fsp3) is 0.294. The summed E-state index contributed by atoms with van der Waals surface area (Å²) in [7, 11) is 0. The van der Waals surface area contributed by atoms with Crippen molar-refractivity contribution in [3.63, 3.8) is 0 Å². The van der Waals surface area contributed by atoms with Crippen LogP contribution >= 0.6 is 15.9 Å². The van der Waals surface area contributed by atoms with Crippen LogP contribution in [0, 0.1) is 6.92 Å². The summed E-state index contributed by atoms with van der Waals surface area (Å²) in [6.45, 7) is 2.13. The van der Waals surface area contributed by atoms with Crippen LogP contribution < -0.4 is 11.3 Å². The molecule has 2 aromatic rings. The summed E-state index contributed by atoms with van der Waals surface area (Å²) in [5.41, 5.74) is 6.92. The maximum absolute atomic E-state index is 5.69. The van der Waals surface area contributed by atoms with Crippen molar-refractivity contribution in [2.24, 2.45) is 5.84 Å². The topological polar surface area (TPSA) is 38.0 Å². The highest BCUT2D eigenvalue weighted by molar-refractivity contribution is 9.10. The maximum atomic E-state index is 5.69. The van der Waals surface area contributed by atoms with Gasteiger partial charge in [0, 0.05) is 10.5 Å². The molecule has 0 spiro atoms. The Labute approximate surface area is 129 Å². The van der Waals surface area contributed by atoms with E-state index in [4.69, 9.17) is 5.84 Å². The molecule has 2 nitrogen and oxygen atoms in total. The van der Waals surface area contributed by atoms with Gasteiger partial charge in [-0.05, 0) is 49.4 Å². The second-order valence-corrected chi connectivity index (χ2v) is 6.14. The van der Waals surface area contributed by atoms with Gasteiger partial charge in [0.2, 0.25) is 0 Å². The molecule has 0 saturated carbocycles. The van der Waals surface area contributed by atoms with Gasteiger partial charge in [-0.1, -0.05) is 57.9 Å². The van der Waals surface area contributed by atoms with Gasteiger partial charge in [0.15, 0.2) is 0 Å². The normalized spacial score (nSPS) is 12.3. The Morgan fingerprint density at radius 1 is 1.10 bits per heavy atom. The Kier molecular flexibility index (Phi) is 5.77. The van der Waals surface area contributed by atoms with E-state index < -0.39 is 0 Å². The highest BCUT2D eigenvalue weighted by Crippen LogP contribution is 2.15. The summed E-state index contributed by atoms with van der Waals surface area (Å²) in [4.78, 5) is 0. The van der Waals surface area contributed by atoms with Gasteiger partial charge in [-0.25, -0.2) is 0 Å². The van der Waals surface area contributed by atoms with Crippen LogP contribution in [0.2, 0.25) is 0 Å². The van der Waals surface area contributed by atoms with E-state index in [0.29, 0.717) is 6.04 Å². The molecule has 0 aliphatic rings. The molecule has 0 aromatic heterocycles. The average molecular weight is 333 g/mol. The summed E-state index contributed by atoms with van der Waals surface area (Å²) in [6.07, 6.45) is 3.03. The molecular formula is C17H21BrN2. The van der Waals surface area contributed by atoms with Crippen molar-refractivity contribution in [2.45, 2.75) is 32.2 Å². The van der Waals surface area contributed by atoms with E-state index in [2.05, 4.69) is 70.7 Å². The van der Waals surface area contributed by atoms with Crippen LogP contribution in [0.5, 0.6) is 0 Å². The molecule has 0 heterocycles. The van der Waals surface area contributed by atoms with E-state index in [0.717, 1.165) is 23.7 Å². The molecule has 0 aliphatic carbocycles. The largest absolute Gasteiger partial charge is 0.271 e. The smallest absolute Gasteiger partial charge is 0.0254 e. The number of aryl methyl sites for hydroxylation is 2. The lowest BCUT2D eigenvalue weighted by Crippen LogP contribution is -2.37. The van der Waals surface area contributed by atoms with E-state index in [9.17, 15) is 0 Å². The first kappa shape index (κ1) is 15.2. The van der Waals surface area contributed by atoms with Gasteiger partial charge in [-0.2, -0.15) is 0 Å². The van der Waals surface area contributed by atoms with Gasteiger partial charge in [0.1, 0.15) is 0 Å². The molecule has 0 radical (unpaired) electrons. The second-order valence-electron chi connectivity index (χ2n) is 5.23. The third kappa shape index (κ3) is 4.75. The summed E-state index contributed by atoms with van der Waals surface area (Å²) in [5.74, 6) is 5.69. The van der Waals surface area contributed by atoms with Crippen LogP contribution in [0.25, 0.3) is 0 Å². The standard InChI is InChI=1S/C17H21BrN2/c1-13-4-2-5-14(10-13)8-9-17(20-19)12-15-6-3-7-16(18)11-15/h2-7,10-11,17,20H,8-9,12,19H2,1H3. The molecule has 2 aromatic carbocycles. The first-order valence-electron chi connectivity index (χ1n) is 6.93. The monoisotopic (exact) mass is 332 g/mol. The molecule has 3 N–H and O–H groups in total. The Morgan fingerprint density at radius 2 is 1.85 bits per heavy atom. The molecule has 106 valence electrons. The van der Waals surface area contributed by atoms with E-state index >= 15 is 0 Å². The minimum atomic E-state index is 0.296. The van der Waals surface area contributed by atoms with E-state index in [1.807, 2.05) is 6.07 Å². The molecule has 0 bridgehead atoms. The lowest BCUT2D eigenvalue weighted by molar-refractivity contribution is 0.491. The highest BCUT2D eigenvalue weighted by atomic mass is 79.9. The van der Waals surface area contributed by atoms with Crippen molar-refractivity contribution in [1.29, 1.82) is 0 Å². The first-order valence-corrected chi connectivity index (χ1v) is 7.73. The van der Waals surface area contributed by atoms with Gasteiger partial charge >= 0.3 is 0 Å². The summed E-state index contributed by atoms with van der Waals surface area (Å²) < 4.78 is 1.12. The Hall–Kier alpha value is -1.16. The van der Waals surface area contributed by atoms with E-state index in [-0.39, 0.29) is 0 Å². The fourth-order valence-electron chi connectivity index (χ4n) is 2.40. The lowest BCUT2D eigenvalue weighted by atomic mass is 9.99. The van der Waals surface area contributed by atoms with Crippen molar-refractivity contribution in [3.05, 3.63) is 69.7 Å². The fourth-order valence-corrected chi connectivity index (χ4v) is 2.85. The molecule has 0 saturated heterocycles. The van der Waals surface area contributed by atoms with Crippen molar-refractivity contribution in [1.82, 2.24) is 5.43 Å². The van der Waals surface area contributed by atoms with Crippen molar-refractivity contribution in [2.75, 3.05) is 0 Å². The predicted octanol–water partition coefficient (Wildman–Crippen LogP) is 3.76. The zero-order valence-electron chi connectivity index (χ0n) is 11.8. The summed E-state index contributed by atoms with van der Waals surface area (Å²) in [5, 5.41) is 0. The number of nitrogens with one attached hydrogen (secondary N) is 1. The van der Waals surface area contributed by atoms with Gasteiger partial charge < -0.3 is 0 Å². The van der Waals surface area contributed by atoms with E-state index in [1.165, 1.54) is 16.7 Å². The number of benzene rings is 2. The average Bonchev–Trinajstić information content (AvgIpc) is 2.43. The van der Waals surface area contributed by atoms with Crippen LogP contribution in [-0.4, -0.2) is 6.04 Å². The quantitative estimate of drug-likeness (QED) is 0.624. The zero-order valence-corrected chi connectivity index (χ0v) is 13.4. The van der Waals surface area contributed by atoms with Crippen LogP contribution in [0.15, 0.2) is 53.0 Å². The van der Waals surface area contributed by atoms with Gasteiger partial charge in [-0.3, -0.25) is 11.3 Å². The van der Waals surface area contributed by atoms with Crippen molar-refractivity contribution in [3.8, 4) is 0 Å². The first-order chi connectivity index (χ1) is 9.67. The van der Waals surface area contributed by atoms with Crippen molar-refractivity contribution < 1.29 is 0 Å². The number of nitrogens with two attached hydrogens (primary N) is 1. The minimum absolute atomic E-state index is 0.296. The van der Waals surface area contributed by atoms with Gasteiger partial charge in [0.05, 0.1) is 0 Å². The molecule has 1 unspecified atom stereocenters. The second kappa shape index (κ2) is 7.58. The number of hydrazine groups is 1. The molecule has 3 heteroatoms. The SMILES string of the molecule is Cc1cccc(CCC(Cc2cccc(Br)c2)NN)c1. The van der Waals surface area contributed by atoms with Crippen molar-refractivity contribution >= 4 is 15.9 Å². The lowest BCUT2D eigenvalue weighted by Gasteiger charge is -2.16. The Bertz CT molecular complexity index is 554. The van der Waals surface area contributed by atoms with Gasteiger partial charge in [0.25, 0.3) is 0 Å². The number of hydrogen-bond donors (Lipinski definition) is 2. The molecular weight excluding hydrogens is 312 g/mol. The number of rotatable bonds is 6. The molecule has 2 rings (SSSR count). The number of halogens is 1. The third-order valence-corrected chi connectivity index (χ3v) is 3.96. The summed E-state index contributed by atoms with van der Waals surface area (Å²) >= 11 is 3.51. The number of hydrogen-bond acceptors (Lipinski definition) is 2. The van der Waals surface area contributed by atoms with Crippen LogP contribution in [0.1, 0.15) is 23.1 Å². The molecule has 20 heavy (non-hydrogen) atoms. The van der Waals surface area contributed by atoms with E-state index in [1.54, 1.807) is 0 Å². The minimum Gasteiger partial charge on any atom is -0.271 e. The zero-order chi connectivity index (χ0) is 14.4. The predicted molar refractivity (Wildman–Crippen MR) is 88.5 cm³/mol. The van der Waals surface area contributed by atoms with Crippen LogP contribution in [0.4, 0.5) is 0 Å². The van der Waals surface area contributed by atoms with Crippen LogP contribution in [-0.2, 0) is 12.8 Å². The highest BCUT2D eigenvalue weighted by Gasteiger charge is 2.08. The Balaban J connectivity index is 1.92. The Morgan fingerprint density at radius 3 is 2.55 bits per heavy atom. The van der Waals surface area contributed by atoms with Crippen LogP contribution in [0.3, 0.4) is 0 Å². The third-order valence-electron chi connectivity index (χ3n) is 3.47.